The minimum Gasteiger partial charge on any atom is -0.295 e. The van der Waals surface area contributed by atoms with Gasteiger partial charge in [-0.1, -0.05) is 53.8 Å². The Bertz CT molecular complexity index is 749. The van der Waals surface area contributed by atoms with Crippen LogP contribution in [0.3, 0.4) is 0 Å². The average molecular weight is 351 g/mol. The molecule has 0 aliphatic carbocycles. The minimum atomic E-state index is 0.532. The Morgan fingerprint density at radius 1 is 1.27 bits per heavy atom. The van der Waals surface area contributed by atoms with E-state index in [1.807, 2.05) is 6.20 Å². The third-order valence-electron chi connectivity index (χ3n) is 3.29. The monoisotopic (exact) mass is 350 g/mol. The smallest absolute Gasteiger partial charge is 0.172 e. The van der Waals surface area contributed by atoms with Crippen LogP contribution in [0.25, 0.3) is 5.69 Å². The second-order valence-corrected chi connectivity index (χ2v) is 7.41. The summed E-state index contributed by atoms with van der Waals surface area (Å²) in [6, 6.07) is 8.57. The Morgan fingerprint density at radius 3 is 2.68 bits per heavy atom. The molecule has 7 heteroatoms. The molecule has 2 heterocycles. The lowest BCUT2D eigenvalue weighted by atomic mass is 10.0. The fourth-order valence-corrected chi connectivity index (χ4v) is 3.73. The molecule has 0 aliphatic heterocycles. The molecular formula is C15H15ClN4S2. The molecule has 0 aliphatic rings. The number of halogens is 1. The first-order chi connectivity index (χ1) is 10.6. The summed E-state index contributed by atoms with van der Waals surface area (Å²) in [7, 11) is 0. The fraction of sp³-hybridized carbons (Fsp3) is 0.267. The van der Waals surface area contributed by atoms with Crippen molar-refractivity contribution in [3.63, 3.8) is 0 Å². The highest BCUT2D eigenvalue weighted by molar-refractivity contribution is 7.98. The molecule has 3 rings (SSSR count). The first-order valence-electron chi connectivity index (χ1n) is 6.88. The first-order valence-corrected chi connectivity index (χ1v) is 9.02. The van der Waals surface area contributed by atoms with Crippen LogP contribution in [0, 0.1) is 0 Å². The van der Waals surface area contributed by atoms with Gasteiger partial charge in [-0.05, 0) is 23.6 Å². The van der Waals surface area contributed by atoms with E-state index < -0.39 is 0 Å². The second kappa shape index (κ2) is 6.81. The Labute approximate surface area is 142 Å². The number of nitrogens with zero attached hydrogens (tertiary/aromatic N) is 4. The van der Waals surface area contributed by atoms with Crippen molar-refractivity contribution >= 4 is 34.9 Å². The van der Waals surface area contributed by atoms with Crippen molar-refractivity contribution in [2.75, 3.05) is 0 Å². The third-order valence-corrected chi connectivity index (χ3v) is 5.25. The van der Waals surface area contributed by atoms with E-state index in [-0.39, 0.29) is 0 Å². The lowest BCUT2D eigenvalue weighted by Crippen LogP contribution is -1.96. The quantitative estimate of drug-likeness (QED) is 0.620. The average Bonchev–Trinajstić information content (AvgIpc) is 3.14. The van der Waals surface area contributed by atoms with Crippen LogP contribution in [-0.2, 0) is 5.75 Å². The zero-order chi connectivity index (χ0) is 15.5. The maximum atomic E-state index is 6.04. The van der Waals surface area contributed by atoms with Crippen LogP contribution in [0.15, 0.2) is 41.8 Å². The van der Waals surface area contributed by atoms with Gasteiger partial charge in [0.1, 0.15) is 10.0 Å². The van der Waals surface area contributed by atoms with Crippen LogP contribution < -0.4 is 0 Å². The summed E-state index contributed by atoms with van der Waals surface area (Å²) in [6.07, 6.45) is 3.77. The van der Waals surface area contributed by atoms with Crippen molar-refractivity contribution in [2.45, 2.75) is 30.7 Å². The third kappa shape index (κ3) is 3.34. The van der Waals surface area contributed by atoms with E-state index in [1.165, 1.54) is 17.1 Å². The Kier molecular flexibility index (Phi) is 4.81. The molecule has 0 saturated carbocycles. The number of thioether (sulfide) groups is 1. The van der Waals surface area contributed by atoms with Crippen LogP contribution in [0.2, 0.25) is 4.34 Å². The standard InChI is InChI=1S/C15H15ClN4S2/c1-10(2)11-3-5-12(6-4-11)20-8-7-17-15(20)21-9-13-14(16)22-19-18-13/h3-8,10H,9H2,1-2H3. The minimum absolute atomic E-state index is 0.532. The summed E-state index contributed by atoms with van der Waals surface area (Å²) >= 11 is 8.85. The van der Waals surface area contributed by atoms with Crippen molar-refractivity contribution < 1.29 is 0 Å². The van der Waals surface area contributed by atoms with E-state index in [9.17, 15) is 0 Å². The van der Waals surface area contributed by atoms with Crippen molar-refractivity contribution in [3.05, 3.63) is 52.3 Å². The van der Waals surface area contributed by atoms with Crippen molar-refractivity contribution in [2.24, 2.45) is 0 Å². The van der Waals surface area contributed by atoms with Crippen LogP contribution in [-0.4, -0.2) is 19.1 Å². The molecule has 0 N–H and O–H groups in total. The van der Waals surface area contributed by atoms with Crippen LogP contribution in [0.5, 0.6) is 0 Å². The molecular weight excluding hydrogens is 336 g/mol. The van der Waals surface area contributed by atoms with Gasteiger partial charge in [-0.15, -0.1) is 5.10 Å². The van der Waals surface area contributed by atoms with Crippen LogP contribution in [0.4, 0.5) is 0 Å². The van der Waals surface area contributed by atoms with Gasteiger partial charge in [0, 0.05) is 35.4 Å². The van der Waals surface area contributed by atoms with Gasteiger partial charge in [0.15, 0.2) is 5.16 Å². The van der Waals surface area contributed by atoms with Gasteiger partial charge >= 0.3 is 0 Å². The number of imidazole rings is 1. The van der Waals surface area contributed by atoms with Gasteiger partial charge in [0.2, 0.25) is 0 Å². The fourth-order valence-electron chi connectivity index (χ4n) is 2.03. The molecule has 2 aromatic heterocycles. The van der Waals surface area contributed by atoms with E-state index in [0.717, 1.165) is 16.5 Å². The van der Waals surface area contributed by atoms with E-state index in [1.54, 1.807) is 18.0 Å². The van der Waals surface area contributed by atoms with Crippen molar-refractivity contribution in [1.82, 2.24) is 19.1 Å². The lowest BCUT2D eigenvalue weighted by molar-refractivity contribution is 0.858. The Hall–Kier alpha value is -1.37. The SMILES string of the molecule is CC(C)c1ccc(-n2ccnc2SCc2nnsc2Cl)cc1. The Morgan fingerprint density at radius 2 is 2.05 bits per heavy atom. The highest BCUT2D eigenvalue weighted by atomic mass is 35.5. The molecule has 0 spiro atoms. The normalized spacial score (nSPS) is 11.3. The van der Waals surface area contributed by atoms with Crippen LogP contribution >= 0.6 is 34.9 Å². The summed E-state index contributed by atoms with van der Waals surface area (Å²) in [5.74, 6) is 1.20. The summed E-state index contributed by atoms with van der Waals surface area (Å²) in [5, 5.41) is 4.95. The van der Waals surface area contributed by atoms with Crippen molar-refractivity contribution in [3.8, 4) is 5.69 Å². The second-order valence-electron chi connectivity index (χ2n) is 5.11. The van der Waals surface area contributed by atoms with E-state index in [2.05, 4.69) is 57.3 Å². The summed E-state index contributed by atoms with van der Waals surface area (Å²) in [4.78, 5) is 4.42. The zero-order valence-corrected chi connectivity index (χ0v) is 14.6. The van der Waals surface area contributed by atoms with Gasteiger partial charge < -0.3 is 0 Å². The van der Waals surface area contributed by atoms with Gasteiger partial charge in [-0.25, -0.2) is 4.98 Å². The van der Waals surface area contributed by atoms with E-state index >= 15 is 0 Å². The van der Waals surface area contributed by atoms with E-state index in [4.69, 9.17) is 11.6 Å². The molecule has 0 saturated heterocycles. The van der Waals surface area contributed by atoms with E-state index in [0.29, 0.717) is 16.0 Å². The van der Waals surface area contributed by atoms with Gasteiger partial charge in [-0.3, -0.25) is 4.57 Å². The Balaban J connectivity index is 1.78. The zero-order valence-electron chi connectivity index (χ0n) is 12.2. The molecule has 0 atom stereocenters. The molecule has 1 aromatic carbocycles. The number of hydrogen-bond donors (Lipinski definition) is 0. The number of rotatable bonds is 5. The molecule has 0 amide bonds. The number of hydrogen-bond acceptors (Lipinski definition) is 5. The molecule has 0 unspecified atom stereocenters. The molecule has 22 heavy (non-hydrogen) atoms. The van der Waals surface area contributed by atoms with Crippen molar-refractivity contribution in [1.29, 1.82) is 0 Å². The predicted octanol–water partition coefficient (Wildman–Crippen LogP) is 4.79. The molecule has 0 bridgehead atoms. The largest absolute Gasteiger partial charge is 0.295 e. The maximum absolute atomic E-state index is 6.04. The van der Waals surface area contributed by atoms with Gasteiger partial charge in [0.25, 0.3) is 0 Å². The van der Waals surface area contributed by atoms with Gasteiger partial charge in [0.05, 0.1) is 0 Å². The molecule has 3 aromatic rings. The highest BCUT2D eigenvalue weighted by Gasteiger charge is 2.10. The number of aromatic nitrogens is 4. The lowest BCUT2D eigenvalue weighted by Gasteiger charge is -2.09. The highest BCUT2D eigenvalue weighted by Crippen LogP contribution is 2.28. The predicted molar refractivity (Wildman–Crippen MR) is 92.1 cm³/mol. The molecule has 0 fully saturated rings. The molecule has 4 nitrogen and oxygen atoms in total. The molecule has 0 radical (unpaired) electrons. The van der Waals surface area contributed by atoms with Crippen LogP contribution in [0.1, 0.15) is 31.0 Å². The maximum Gasteiger partial charge on any atom is 0.172 e. The summed E-state index contributed by atoms with van der Waals surface area (Å²) in [5.41, 5.74) is 3.24. The number of benzene rings is 1. The summed E-state index contributed by atoms with van der Waals surface area (Å²) in [6.45, 7) is 4.39. The summed E-state index contributed by atoms with van der Waals surface area (Å²) < 4.78 is 6.56. The topological polar surface area (TPSA) is 43.6 Å². The molecule has 114 valence electrons. The van der Waals surface area contributed by atoms with Gasteiger partial charge in [-0.2, -0.15) is 0 Å². The first kappa shape index (κ1) is 15.5.